The minimum absolute atomic E-state index is 0.0386. The molecule has 1 aliphatic rings. The molecule has 0 amide bonds. The molecule has 23 heavy (non-hydrogen) atoms. The molecule has 0 spiro atoms. The van der Waals surface area contributed by atoms with Crippen molar-refractivity contribution in [3.8, 4) is 0 Å². The van der Waals surface area contributed by atoms with Crippen LogP contribution in [0.25, 0.3) is 11.0 Å². The predicted octanol–water partition coefficient (Wildman–Crippen LogP) is 2.67. The van der Waals surface area contributed by atoms with Gasteiger partial charge in [-0.15, -0.1) is 0 Å². The molecule has 1 fully saturated rings. The second kappa shape index (κ2) is 6.77. The second-order valence-electron chi connectivity index (χ2n) is 6.54. The van der Waals surface area contributed by atoms with E-state index in [0.717, 1.165) is 42.9 Å². The van der Waals surface area contributed by atoms with E-state index in [1.54, 1.807) is 0 Å². The average molecular weight is 338 g/mol. The van der Waals surface area contributed by atoms with Crippen molar-refractivity contribution < 1.29 is 9.84 Å². The van der Waals surface area contributed by atoms with Gasteiger partial charge in [0, 0.05) is 37.2 Å². The van der Waals surface area contributed by atoms with Crippen LogP contribution in [0.2, 0.25) is 5.02 Å². The molecule has 2 N–H and O–H groups in total. The van der Waals surface area contributed by atoms with Gasteiger partial charge in [-0.25, -0.2) is 4.98 Å². The number of nitrogens with one attached hydrogen (secondary N) is 1. The fourth-order valence-electron chi connectivity index (χ4n) is 3.35. The molecule has 2 atom stereocenters. The maximum atomic E-state index is 9.33. The fourth-order valence-corrected chi connectivity index (χ4v) is 3.52. The zero-order valence-corrected chi connectivity index (χ0v) is 14.4. The first kappa shape index (κ1) is 16.7. The highest BCUT2D eigenvalue weighted by atomic mass is 35.5. The van der Waals surface area contributed by atoms with Crippen LogP contribution in [-0.2, 0) is 11.8 Å². The summed E-state index contributed by atoms with van der Waals surface area (Å²) in [4.78, 5) is 4.72. The Morgan fingerprint density at radius 2 is 2.35 bits per heavy atom. The number of hydrogen-bond acceptors (Lipinski definition) is 4. The van der Waals surface area contributed by atoms with Gasteiger partial charge in [-0.3, -0.25) is 0 Å². The van der Waals surface area contributed by atoms with Gasteiger partial charge in [-0.2, -0.15) is 0 Å². The Morgan fingerprint density at radius 3 is 3.04 bits per heavy atom. The number of aliphatic hydroxyl groups is 1. The third-order valence-electron chi connectivity index (χ3n) is 4.88. The van der Waals surface area contributed by atoms with Crippen molar-refractivity contribution in [2.45, 2.75) is 25.8 Å². The summed E-state index contributed by atoms with van der Waals surface area (Å²) in [6, 6.07) is 5.89. The van der Waals surface area contributed by atoms with Gasteiger partial charge >= 0.3 is 0 Å². The van der Waals surface area contributed by atoms with Crippen LogP contribution in [-0.4, -0.2) is 41.0 Å². The molecule has 126 valence electrons. The van der Waals surface area contributed by atoms with Crippen molar-refractivity contribution in [3.05, 3.63) is 29.0 Å². The van der Waals surface area contributed by atoms with Crippen molar-refractivity contribution in [2.24, 2.45) is 12.5 Å². The van der Waals surface area contributed by atoms with Crippen LogP contribution in [0.3, 0.4) is 0 Å². The summed E-state index contributed by atoms with van der Waals surface area (Å²) >= 11 is 6.06. The number of imidazole rings is 1. The summed E-state index contributed by atoms with van der Waals surface area (Å²) in [5.74, 6) is 0.986. The molecule has 5 nitrogen and oxygen atoms in total. The van der Waals surface area contributed by atoms with Crippen molar-refractivity contribution in [1.29, 1.82) is 0 Å². The van der Waals surface area contributed by atoms with E-state index in [0.29, 0.717) is 11.6 Å². The van der Waals surface area contributed by atoms with Gasteiger partial charge in [0.05, 0.1) is 23.7 Å². The normalized spacial score (nSPS) is 22.8. The number of ether oxygens (including phenoxy) is 1. The molecule has 1 aromatic heterocycles. The molecule has 1 aromatic carbocycles. The van der Waals surface area contributed by atoms with E-state index in [9.17, 15) is 5.11 Å². The summed E-state index contributed by atoms with van der Waals surface area (Å²) in [6.45, 7) is 4.63. The molecule has 6 heteroatoms. The van der Waals surface area contributed by atoms with Crippen LogP contribution >= 0.6 is 11.6 Å². The molecule has 0 bridgehead atoms. The molecule has 1 aliphatic heterocycles. The third-order valence-corrected chi connectivity index (χ3v) is 5.11. The summed E-state index contributed by atoms with van der Waals surface area (Å²) in [7, 11) is 2.03. The Balaban J connectivity index is 1.75. The van der Waals surface area contributed by atoms with Crippen molar-refractivity contribution in [1.82, 2.24) is 14.9 Å². The first-order chi connectivity index (χ1) is 11.0. The van der Waals surface area contributed by atoms with E-state index in [-0.39, 0.29) is 18.1 Å². The zero-order valence-electron chi connectivity index (χ0n) is 13.7. The topological polar surface area (TPSA) is 59.3 Å². The second-order valence-corrected chi connectivity index (χ2v) is 6.98. The SMILES string of the molecule is C[C@@H](NC[C@]1(CCO)CCOC1)c1nc2cc(Cl)ccc2n1C. The summed E-state index contributed by atoms with van der Waals surface area (Å²) < 4.78 is 7.65. The number of nitrogens with zero attached hydrogens (tertiary/aromatic N) is 2. The Kier molecular flexibility index (Phi) is 4.92. The molecule has 0 aliphatic carbocycles. The van der Waals surface area contributed by atoms with Crippen molar-refractivity contribution in [2.75, 3.05) is 26.4 Å². The van der Waals surface area contributed by atoms with Crippen LogP contribution in [0.1, 0.15) is 31.6 Å². The molecule has 2 heterocycles. The van der Waals surface area contributed by atoms with Gasteiger partial charge < -0.3 is 19.7 Å². The van der Waals surface area contributed by atoms with Gasteiger partial charge in [-0.1, -0.05) is 11.6 Å². The smallest absolute Gasteiger partial charge is 0.126 e. The molecule has 0 radical (unpaired) electrons. The van der Waals surface area contributed by atoms with Crippen LogP contribution in [0.5, 0.6) is 0 Å². The van der Waals surface area contributed by atoms with Gasteiger partial charge in [0.2, 0.25) is 0 Å². The molecule has 0 unspecified atom stereocenters. The number of aryl methyl sites for hydroxylation is 1. The number of halogens is 1. The predicted molar refractivity (Wildman–Crippen MR) is 91.7 cm³/mol. The van der Waals surface area contributed by atoms with E-state index in [2.05, 4.69) is 16.8 Å². The highest BCUT2D eigenvalue weighted by molar-refractivity contribution is 6.31. The monoisotopic (exact) mass is 337 g/mol. The number of aromatic nitrogens is 2. The van der Waals surface area contributed by atoms with E-state index < -0.39 is 0 Å². The van der Waals surface area contributed by atoms with E-state index in [1.807, 2.05) is 25.2 Å². The Morgan fingerprint density at radius 1 is 1.52 bits per heavy atom. The number of fused-ring (bicyclic) bond motifs is 1. The number of benzene rings is 1. The van der Waals surface area contributed by atoms with Crippen LogP contribution < -0.4 is 5.32 Å². The summed E-state index contributed by atoms with van der Waals surface area (Å²) in [5, 5.41) is 13.6. The lowest BCUT2D eigenvalue weighted by atomic mass is 9.84. The quantitative estimate of drug-likeness (QED) is 0.850. The lowest BCUT2D eigenvalue weighted by molar-refractivity contribution is 0.122. The zero-order chi connectivity index (χ0) is 16.4. The summed E-state index contributed by atoms with van der Waals surface area (Å²) in [6.07, 6.45) is 1.76. The number of aliphatic hydroxyl groups excluding tert-OH is 1. The number of hydrogen-bond donors (Lipinski definition) is 2. The van der Waals surface area contributed by atoms with Crippen LogP contribution in [0, 0.1) is 5.41 Å². The van der Waals surface area contributed by atoms with E-state index in [1.165, 1.54) is 0 Å². The first-order valence-corrected chi connectivity index (χ1v) is 8.46. The molecular formula is C17H24ClN3O2. The third kappa shape index (κ3) is 3.38. The first-order valence-electron chi connectivity index (χ1n) is 8.08. The van der Waals surface area contributed by atoms with Crippen molar-refractivity contribution in [3.63, 3.8) is 0 Å². The van der Waals surface area contributed by atoms with Gasteiger partial charge in [0.1, 0.15) is 5.82 Å². The Hall–Kier alpha value is -1.14. The fraction of sp³-hybridized carbons (Fsp3) is 0.588. The maximum absolute atomic E-state index is 9.33. The van der Waals surface area contributed by atoms with Gasteiger partial charge in [0.25, 0.3) is 0 Å². The minimum atomic E-state index is 0.0386. The van der Waals surface area contributed by atoms with Crippen molar-refractivity contribution >= 4 is 22.6 Å². The Bertz CT molecular complexity index is 680. The molecule has 3 rings (SSSR count). The molecule has 2 aromatic rings. The lowest BCUT2D eigenvalue weighted by Crippen LogP contribution is -2.37. The standard InChI is InChI=1S/C17H24ClN3O2/c1-12(19-10-17(5-7-22)6-8-23-11-17)16-20-14-9-13(18)3-4-15(14)21(16)2/h3-4,9,12,19,22H,5-8,10-11H2,1-2H3/t12-,17+/m1/s1. The molecular weight excluding hydrogens is 314 g/mol. The maximum Gasteiger partial charge on any atom is 0.126 e. The minimum Gasteiger partial charge on any atom is -0.396 e. The van der Waals surface area contributed by atoms with Gasteiger partial charge in [0.15, 0.2) is 0 Å². The summed E-state index contributed by atoms with van der Waals surface area (Å²) in [5.41, 5.74) is 2.03. The molecule has 0 saturated carbocycles. The van der Waals surface area contributed by atoms with Gasteiger partial charge in [-0.05, 0) is 38.0 Å². The van der Waals surface area contributed by atoms with Crippen LogP contribution in [0.4, 0.5) is 0 Å². The largest absolute Gasteiger partial charge is 0.396 e. The Labute approximate surface area is 141 Å². The average Bonchev–Trinajstić information content (AvgIpc) is 3.11. The lowest BCUT2D eigenvalue weighted by Gasteiger charge is -2.28. The highest BCUT2D eigenvalue weighted by Gasteiger charge is 2.34. The van der Waals surface area contributed by atoms with E-state index >= 15 is 0 Å². The highest BCUT2D eigenvalue weighted by Crippen LogP contribution is 2.32. The number of rotatable bonds is 6. The van der Waals surface area contributed by atoms with E-state index in [4.69, 9.17) is 21.3 Å². The molecule has 1 saturated heterocycles. The van der Waals surface area contributed by atoms with Crippen LogP contribution in [0.15, 0.2) is 18.2 Å².